The Kier molecular flexibility index (Phi) is 3.65. The highest BCUT2D eigenvalue weighted by Crippen LogP contribution is 2.28. The normalized spacial score (nSPS) is 12.6. The lowest BCUT2D eigenvalue weighted by molar-refractivity contribution is -0.405. The second kappa shape index (κ2) is 4.78. The SMILES string of the molecule is O=[N+]([O-])/C=C(\Cc1ccccc1)C(F)(F)F. The van der Waals surface area contributed by atoms with Gasteiger partial charge < -0.3 is 0 Å². The van der Waals surface area contributed by atoms with Gasteiger partial charge in [-0.15, -0.1) is 0 Å². The molecule has 3 nitrogen and oxygen atoms in total. The van der Waals surface area contributed by atoms with E-state index in [4.69, 9.17) is 0 Å². The zero-order chi connectivity index (χ0) is 12.2. The molecule has 0 saturated heterocycles. The van der Waals surface area contributed by atoms with Crippen molar-refractivity contribution in [3.63, 3.8) is 0 Å². The summed E-state index contributed by atoms with van der Waals surface area (Å²) >= 11 is 0. The van der Waals surface area contributed by atoms with Crippen molar-refractivity contribution in [2.75, 3.05) is 0 Å². The maximum Gasteiger partial charge on any atom is 0.418 e. The van der Waals surface area contributed by atoms with Crippen LogP contribution in [0.2, 0.25) is 0 Å². The molecule has 6 heteroatoms. The molecule has 1 aromatic carbocycles. The zero-order valence-electron chi connectivity index (χ0n) is 8.07. The maximum atomic E-state index is 12.4. The fourth-order valence-corrected chi connectivity index (χ4v) is 1.16. The third kappa shape index (κ3) is 3.72. The monoisotopic (exact) mass is 231 g/mol. The van der Waals surface area contributed by atoms with Gasteiger partial charge in [0.05, 0.1) is 4.92 Å². The number of alkyl halides is 3. The molecule has 0 bridgehead atoms. The van der Waals surface area contributed by atoms with Gasteiger partial charge in [-0.2, -0.15) is 13.2 Å². The first kappa shape index (κ1) is 12.2. The molecule has 0 aromatic heterocycles. The van der Waals surface area contributed by atoms with Crippen molar-refractivity contribution in [3.05, 3.63) is 57.8 Å². The Morgan fingerprint density at radius 2 is 1.88 bits per heavy atom. The standard InChI is InChI=1S/C10H8F3NO2/c11-10(12,13)9(7-14(15)16)6-8-4-2-1-3-5-8/h1-5,7H,6H2/b9-7+. The number of rotatable bonds is 3. The minimum atomic E-state index is -4.68. The van der Waals surface area contributed by atoms with Crippen LogP contribution >= 0.6 is 0 Å². The summed E-state index contributed by atoms with van der Waals surface area (Å²) in [6.45, 7) is 0. The molecule has 16 heavy (non-hydrogen) atoms. The zero-order valence-corrected chi connectivity index (χ0v) is 8.07. The summed E-state index contributed by atoms with van der Waals surface area (Å²) in [7, 11) is 0. The highest BCUT2D eigenvalue weighted by Gasteiger charge is 2.36. The second-order valence-corrected chi connectivity index (χ2v) is 3.10. The van der Waals surface area contributed by atoms with E-state index in [0.717, 1.165) is 0 Å². The van der Waals surface area contributed by atoms with Crippen molar-refractivity contribution in [1.29, 1.82) is 0 Å². The molecule has 0 spiro atoms. The average Bonchev–Trinajstić information content (AvgIpc) is 2.16. The van der Waals surface area contributed by atoms with Gasteiger partial charge in [0, 0.05) is 6.42 Å². The number of hydrogen-bond donors (Lipinski definition) is 0. The molecule has 0 aliphatic carbocycles. The van der Waals surface area contributed by atoms with Crippen LogP contribution in [0.15, 0.2) is 42.1 Å². The summed E-state index contributed by atoms with van der Waals surface area (Å²) in [5.74, 6) is 0. The first-order valence-corrected chi connectivity index (χ1v) is 4.35. The summed E-state index contributed by atoms with van der Waals surface area (Å²) in [5.41, 5.74) is -0.781. The lowest BCUT2D eigenvalue weighted by Gasteiger charge is -2.08. The number of halogens is 3. The first-order valence-electron chi connectivity index (χ1n) is 4.35. The molecule has 86 valence electrons. The number of allylic oxidation sites excluding steroid dienone is 1. The highest BCUT2D eigenvalue weighted by molar-refractivity contribution is 5.23. The first-order chi connectivity index (χ1) is 7.39. The highest BCUT2D eigenvalue weighted by atomic mass is 19.4. The van der Waals surface area contributed by atoms with E-state index in [1.54, 1.807) is 18.2 Å². The van der Waals surface area contributed by atoms with E-state index in [1.807, 2.05) is 0 Å². The van der Waals surface area contributed by atoms with Gasteiger partial charge >= 0.3 is 6.18 Å². The van der Waals surface area contributed by atoms with Gasteiger partial charge in [-0.25, -0.2) is 0 Å². The number of nitro groups is 1. The Labute approximate surface area is 89.4 Å². The van der Waals surface area contributed by atoms with Gasteiger partial charge in [-0.1, -0.05) is 30.3 Å². The van der Waals surface area contributed by atoms with E-state index >= 15 is 0 Å². The van der Waals surface area contributed by atoms with Gasteiger partial charge in [0.2, 0.25) is 6.20 Å². The van der Waals surface area contributed by atoms with Crippen molar-refractivity contribution in [3.8, 4) is 0 Å². The quantitative estimate of drug-likeness (QED) is 0.592. The minimum absolute atomic E-state index is 0.00694. The fourth-order valence-electron chi connectivity index (χ4n) is 1.16. The molecule has 0 heterocycles. The topological polar surface area (TPSA) is 43.1 Å². The van der Waals surface area contributed by atoms with E-state index in [0.29, 0.717) is 5.56 Å². The summed E-state index contributed by atoms with van der Waals surface area (Å²) in [5, 5.41) is 10.1. The Morgan fingerprint density at radius 3 is 2.31 bits per heavy atom. The molecular formula is C10H8F3NO2. The maximum absolute atomic E-state index is 12.4. The molecule has 0 amide bonds. The largest absolute Gasteiger partial charge is 0.418 e. The molecule has 0 unspecified atom stereocenters. The van der Waals surface area contributed by atoms with Crippen LogP contribution in [0.5, 0.6) is 0 Å². The van der Waals surface area contributed by atoms with Crippen LogP contribution in [0.1, 0.15) is 5.56 Å². The van der Waals surface area contributed by atoms with Gasteiger partial charge in [0.25, 0.3) is 0 Å². The molecular weight excluding hydrogens is 223 g/mol. The number of nitrogens with zero attached hydrogens (tertiary/aromatic N) is 1. The summed E-state index contributed by atoms with van der Waals surface area (Å²) in [6, 6.07) is 7.79. The minimum Gasteiger partial charge on any atom is -0.259 e. The molecule has 1 aromatic rings. The van der Waals surface area contributed by atoms with E-state index in [2.05, 4.69) is 0 Å². The average molecular weight is 231 g/mol. The summed E-state index contributed by atoms with van der Waals surface area (Å²) in [4.78, 5) is 8.98. The van der Waals surface area contributed by atoms with Crippen LogP contribution in [0, 0.1) is 10.1 Å². The molecule has 0 aliphatic heterocycles. The van der Waals surface area contributed by atoms with Crippen LogP contribution < -0.4 is 0 Å². The third-order valence-corrected chi connectivity index (χ3v) is 1.86. The predicted molar refractivity (Wildman–Crippen MR) is 51.3 cm³/mol. The predicted octanol–water partition coefficient (Wildman–Crippen LogP) is 2.95. The van der Waals surface area contributed by atoms with Crippen LogP contribution in [0.4, 0.5) is 13.2 Å². The number of benzene rings is 1. The second-order valence-electron chi connectivity index (χ2n) is 3.10. The molecule has 0 N–H and O–H groups in total. The van der Waals surface area contributed by atoms with Crippen molar-refractivity contribution >= 4 is 0 Å². The Hall–Kier alpha value is -1.85. The van der Waals surface area contributed by atoms with Crippen molar-refractivity contribution in [2.45, 2.75) is 12.6 Å². The Balaban J connectivity index is 2.93. The molecule has 1 rings (SSSR count). The fraction of sp³-hybridized carbons (Fsp3) is 0.200. The van der Waals surface area contributed by atoms with Crippen LogP contribution in [0.3, 0.4) is 0 Å². The number of hydrogen-bond acceptors (Lipinski definition) is 2. The van der Waals surface area contributed by atoms with Crippen LogP contribution in [-0.4, -0.2) is 11.1 Å². The van der Waals surface area contributed by atoms with Gasteiger partial charge in [0.1, 0.15) is 5.57 Å². The Morgan fingerprint density at radius 1 is 1.31 bits per heavy atom. The van der Waals surface area contributed by atoms with E-state index in [9.17, 15) is 23.3 Å². The Bertz CT molecular complexity index is 398. The van der Waals surface area contributed by atoms with Crippen molar-refractivity contribution in [2.24, 2.45) is 0 Å². The van der Waals surface area contributed by atoms with Crippen LogP contribution in [0.25, 0.3) is 0 Å². The molecule has 0 atom stereocenters. The summed E-state index contributed by atoms with van der Waals surface area (Å²) < 4.78 is 37.2. The van der Waals surface area contributed by atoms with Crippen LogP contribution in [-0.2, 0) is 6.42 Å². The third-order valence-electron chi connectivity index (χ3n) is 1.86. The molecule has 0 saturated carbocycles. The van der Waals surface area contributed by atoms with Crippen molar-refractivity contribution < 1.29 is 18.1 Å². The van der Waals surface area contributed by atoms with Gasteiger partial charge in [-0.3, -0.25) is 10.1 Å². The molecule has 0 aliphatic rings. The lowest BCUT2D eigenvalue weighted by atomic mass is 10.1. The van der Waals surface area contributed by atoms with Crippen molar-refractivity contribution in [1.82, 2.24) is 0 Å². The molecule has 0 fully saturated rings. The smallest absolute Gasteiger partial charge is 0.259 e. The molecule has 0 radical (unpaired) electrons. The van der Waals surface area contributed by atoms with E-state index < -0.39 is 23.1 Å². The van der Waals surface area contributed by atoms with E-state index in [1.165, 1.54) is 12.1 Å². The van der Waals surface area contributed by atoms with Gasteiger partial charge in [0.15, 0.2) is 0 Å². The lowest BCUT2D eigenvalue weighted by Crippen LogP contribution is -2.15. The van der Waals surface area contributed by atoms with E-state index in [-0.39, 0.29) is 6.20 Å². The summed E-state index contributed by atoms with van der Waals surface area (Å²) in [6.07, 6.45) is -5.17. The van der Waals surface area contributed by atoms with Gasteiger partial charge in [-0.05, 0) is 5.56 Å².